The maximum absolute atomic E-state index is 13.4. The first-order valence-electron chi connectivity index (χ1n) is 8.23. The van der Waals surface area contributed by atoms with Crippen LogP contribution in [0, 0.1) is 5.82 Å². The monoisotopic (exact) mass is 538 g/mol. The minimum atomic E-state index is -0.719. The fraction of sp³-hybridized carbons (Fsp3) is 0.0500. The zero-order chi connectivity index (χ0) is 20.8. The van der Waals surface area contributed by atoms with Gasteiger partial charge in [-0.15, -0.1) is 11.3 Å². The highest BCUT2D eigenvalue weighted by Gasteiger charge is 2.16. The van der Waals surface area contributed by atoms with E-state index in [4.69, 9.17) is 4.74 Å². The molecule has 29 heavy (non-hydrogen) atoms. The molecule has 0 aliphatic heterocycles. The van der Waals surface area contributed by atoms with Crippen molar-refractivity contribution < 1.29 is 18.7 Å². The standard InChI is InChI=1S/C20H13Br2FN2O3S/c21-14-7-13(11-24-25-18(26)10-16-5-2-6-29-16)19(17(22)9-14)28-20(27)12-3-1-4-15(23)8-12/h1-9,11H,10H2,(H,25,26). The van der Waals surface area contributed by atoms with Gasteiger partial charge in [-0.05, 0) is 57.7 Å². The SMILES string of the molecule is O=C(Cc1cccs1)NN=Cc1cc(Br)cc(Br)c1OC(=O)c1cccc(F)c1. The normalized spacial score (nSPS) is 10.9. The van der Waals surface area contributed by atoms with E-state index in [2.05, 4.69) is 42.4 Å². The van der Waals surface area contributed by atoms with Crippen LogP contribution < -0.4 is 10.2 Å². The lowest BCUT2D eigenvalue weighted by Crippen LogP contribution is -2.19. The Hall–Kier alpha value is -2.36. The highest BCUT2D eigenvalue weighted by atomic mass is 79.9. The van der Waals surface area contributed by atoms with Crippen LogP contribution in [0.25, 0.3) is 0 Å². The van der Waals surface area contributed by atoms with Crippen LogP contribution in [0.1, 0.15) is 20.8 Å². The largest absolute Gasteiger partial charge is 0.421 e. The molecule has 0 fully saturated rings. The van der Waals surface area contributed by atoms with Gasteiger partial charge in [-0.3, -0.25) is 4.79 Å². The Labute approximate surface area is 186 Å². The second kappa shape index (κ2) is 9.91. The Morgan fingerprint density at radius 1 is 1.17 bits per heavy atom. The number of nitrogens with one attached hydrogen (secondary N) is 1. The number of nitrogens with zero attached hydrogens (tertiary/aromatic N) is 1. The number of halogens is 3. The van der Waals surface area contributed by atoms with Crippen molar-refractivity contribution >= 4 is 61.3 Å². The Balaban J connectivity index is 1.76. The zero-order valence-corrected chi connectivity index (χ0v) is 18.7. The summed E-state index contributed by atoms with van der Waals surface area (Å²) in [6.07, 6.45) is 1.59. The molecule has 0 unspecified atom stereocenters. The van der Waals surface area contributed by atoms with Crippen molar-refractivity contribution in [1.29, 1.82) is 0 Å². The summed E-state index contributed by atoms with van der Waals surface area (Å²) < 4.78 is 20.0. The Morgan fingerprint density at radius 2 is 2.00 bits per heavy atom. The molecule has 0 saturated carbocycles. The number of carbonyl (C=O) groups is 2. The van der Waals surface area contributed by atoms with Gasteiger partial charge in [0.15, 0.2) is 5.75 Å². The minimum Gasteiger partial charge on any atom is -0.421 e. The molecule has 0 radical (unpaired) electrons. The third-order valence-corrected chi connectivity index (χ3v) is 5.52. The van der Waals surface area contributed by atoms with Gasteiger partial charge >= 0.3 is 5.97 Å². The van der Waals surface area contributed by atoms with Crippen LogP contribution in [0.15, 0.2) is 68.0 Å². The Morgan fingerprint density at radius 3 is 2.72 bits per heavy atom. The van der Waals surface area contributed by atoms with E-state index in [0.717, 1.165) is 10.9 Å². The van der Waals surface area contributed by atoms with Crippen LogP contribution in [0.5, 0.6) is 5.75 Å². The number of carbonyl (C=O) groups excluding carboxylic acids is 2. The number of hydrogen-bond acceptors (Lipinski definition) is 5. The summed E-state index contributed by atoms with van der Waals surface area (Å²) in [5, 5.41) is 5.84. The van der Waals surface area contributed by atoms with Crippen LogP contribution in [0.2, 0.25) is 0 Å². The molecular weight excluding hydrogens is 527 g/mol. The summed E-state index contributed by atoms with van der Waals surface area (Å²) in [6, 6.07) is 12.3. The first kappa shape index (κ1) is 21.4. The summed E-state index contributed by atoms with van der Waals surface area (Å²) in [5.74, 6) is -1.33. The van der Waals surface area contributed by atoms with Gasteiger partial charge in [0.25, 0.3) is 0 Å². The van der Waals surface area contributed by atoms with Crippen molar-refractivity contribution in [3.63, 3.8) is 0 Å². The Kier molecular flexibility index (Phi) is 7.29. The van der Waals surface area contributed by atoms with Crippen molar-refractivity contribution in [2.75, 3.05) is 0 Å². The molecule has 1 heterocycles. The van der Waals surface area contributed by atoms with Crippen molar-refractivity contribution in [3.05, 3.63) is 84.7 Å². The van der Waals surface area contributed by atoms with E-state index in [1.165, 1.54) is 35.8 Å². The number of esters is 1. The van der Waals surface area contributed by atoms with Gasteiger partial charge < -0.3 is 4.74 Å². The molecule has 9 heteroatoms. The smallest absolute Gasteiger partial charge is 0.343 e. The fourth-order valence-corrected chi connectivity index (χ4v) is 4.38. The zero-order valence-electron chi connectivity index (χ0n) is 14.7. The number of ether oxygens (including phenoxy) is 1. The highest BCUT2D eigenvalue weighted by Crippen LogP contribution is 2.32. The van der Waals surface area contributed by atoms with Crippen LogP contribution in [-0.4, -0.2) is 18.1 Å². The van der Waals surface area contributed by atoms with Crippen LogP contribution in [0.3, 0.4) is 0 Å². The molecule has 0 spiro atoms. The minimum absolute atomic E-state index is 0.0759. The van der Waals surface area contributed by atoms with E-state index in [1.54, 1.807) is 12.1 Å². The number of rotatable bonds is 6. The van der Waals surface area contributed by atoms with Gasteiger partial charge in [0.1, 0.15) is 5.82 Å². The van der Waals surface area contributed by atoms with Crippen LogP contribution >= 0.6 is 43.2 Å². The third kappa shape index (κ3) is 6.06. The lowest BCUT2D eigenvalue weighted by molar-refractivity contribution is -0.120. The molecule has 1 aromatic heterocycles. The molecular formula is C20H13Br2FN2O3S. The average Bonchev–Trinajstić information content (AvgIpc) is 3.17. The molecule has 0 bridgehead atoms. The first-order chi connectivity index (χ1) is 13.9. The van der Waals surface area contributed by atoms with Crippen LogP contribution in [0.4, 0.5) is 4.39 Å². The third-order valence-electron chi connectivity index (χ3n) is 3.60. The van der Waals surface area contributed by atoms with E-state index in [-0.39, 0.29) is 23.6 Å². The molecule has 3 aromatic rings. The topological polar surface area (TPSA) is 67.8 Å². The van der Waals surface area contributed by atoms with Crippen molar-refractivity contribution in [3.8, 4) is 5.75 Å². The number of amides is 1. The van der Waals surface area contributed by atoms with Gasteiger partial charge in [-0.25, -0.2) is 14.6 Å². The molecule has 1 N–H and O–H groups in total. The summed E-state index contributed by atoms with van der Waals surface area (Å²) >= 11 is 8.19. The van der Waals surface area contributed by atoms with E-state index in [1.807, 2.05) is 17.5 Å². The van der Waals surface area contributed by atoms with Gasteiger partial charge in [-0.2, -0.15) is 5.10 Å². The molecule has 0 saturated heterocycles. The molecule has 0 aliphatic rings. The molecule has 2 aromatic carbocycles. The molecule has 0 aliphatic carbocycles. The highest BCUT2D eigenvalue weighted by molar-refractivity contribution is 9.11. The van der Waals surface area contributed by atoms with E-state index in [0.29, 0.717) is 14.5 Å². The summed E-state index contributed by atoms with van der Waals surface area (Å²) in [6.45, 7) is 0. The van der Waals surface area contributed by atoms with E-state index in [9.17, 15) is 14.0 Å². The van der Waals surface area contributed by atoms with Gasteiger partial charge in [0.05, 0.1) is 22.7 Å². The first-order valence-corrected chi connectivity index (χ1v) is 10.7. The maximum atomic E-state index is 13.4. The van der Waals surface area contributed by atoms with Crippen molar-refractivity contribution in [1.82, 2.24) is 5.43 Å². The predicted molar refractivity (Wildman–Crippen MR) is 117 cm³/mol. The van der Waals surface area contributed by atoms with Gasteiger partial charge in [0.2, 0.25) is 5.91 Å². The number of benzene rings is 2. The molecule has 0 atom stereocenters. The molecule has 148 valence electrons. The molecule has 1 amide bonds. The summed E-state index contributed by atoms with van der Waals surface area (Å²) in [5.41, 5.74) is 2.96. The van der Waals surface area contributed by atoms with Crippen molar-refractivity contribution in [2.45, 2.75) is 6.42 Å². The van der Waals surface area contributed by atoms with Crippen molar-refractivity contribution in [2.24, 2.45) is 5.10 Å². The van der Waals surface area contributed by atoms with Gasteiger partial charge in [0, 0.05) is 14.9 Å². The maximum Gasteiger partial charge on any atom is 0.343 e. The summed E-state index contributed by atoms with van der Waals surface area (Å²) in [4.78, 5) is 25.3. The van der Waals surface area contributed by atoms with E-state index < -0.39 is 11.8 Å². The fourth-order valence-electron chi connectivity index (χ4n) is 2.34. The Bertz CT molecular complexity index is 1070. The molecule has 3 rings (SSSR count). The number of hydrazone groups is 1. The average molecular weight is 540 g/mol. The second-order valence-corrected chi connectivity index (χ2v) is 8.56. The van der Waals surface area contributed by atoms with Crippen LogP contribution in [-0.2, 0) is 11.2 Å². The number of hydrogen-bond donors (Lipinski definition) is 1. The predicted octanol–water partition coefficient (Wildman–Crippen LogP) is 5.32. The summed E-state index contributed by atoms with van der Waals surface area (Å²) in [7, 11) is 0. The number of thiophene rings is 1. The molecule has 5 nitrogen and oxygen atoms in total. The van der Waals surface area contributed by atoms with E-state index >= 15 is 0 Å². The quantitative estimate of drug-likeness (QED) is 0.199. The van der Waals surface area contributed by atoms with Gasteiger partial charge in [-0.1, -0.05) is 28.1 Å². The lowest BCUT2D eigenvalue weighted by atomic mass is 10.2. The second-order valence-electron chi connectivity index (χ2n) is 5.76. The lowest BCUT2D eigenvalue weighted by Gasteiger charge is -2.10.